The number of hydrogen-bond acceptors (Lipinski definition) is 7. The number of carbonyl (C=O) groups excluding carboxylic acids is 1. The Hall–Kier alpha value is -2.67. The molecule has 0 spiro atoms. The third-order valence-electron chi connectivity index (χ3n) is 3.58. The Morgan fingerprint density at radius 1 is 1.13 bits per heavy atom. The van der Waals surface area contributed by atoms with E-state index in [0.29, 0.717) is 5.82 Å². The first kappa shape index (κ1) is 15.2. The van der Waals surface area contributed by atoms with Gasteiger partial charge < -0.3 is 19.7 Å². The van der Waals surface area contributed by atoms with Gasteiger partial charge in [0.25, 0.3) is 0 Å². The molecule has 1 aliphatic rings. The molecule has 0 amide bonds. The molecular formula is C16H18N4O3. The summed E-state index contributed by atoms with van der Waals surface area (Å²) in [6.45, 7) is 3.35. The zero-order valence-electron chi connectivity index (χ0n) is 12.9. The molecule has 3 rings (SSSR count). The molecule has 1 aromatic carbocycles. The highest BCUT2D eigenvalue weighted by Crippen LogP contribution is 2.21. The molecule has 1 N–H and O–H groups in total. The number of carbonyl (C=O) groups is 1. The maximum atomic E-state index is 11.3. The molecule has 0 unspecified atom stereocenters. The van der Waals surface area contributed by atoms with Crippen molar-refractivity contribution in [1.29, 1.82) is 0 Å². The van der Waals surface area contributed by atoms with Crippen molar-refractivity contribution in [1.82, 2.24) is 10.2 Å². The number of esters is 1. The van der Waals surface area contributed by atoms with Gasteiger partial charge in [-0.3, -0.25) is 0 Å². The summed E-state index contributed by atoms with van der Waals surface area (Å²) >= 11 is 0. The van der Waals surface area contributed by atoms with E-state index in [1.54, 1.807) is 12.1 Å². The number of benzene rings is 1. The number of anilines is 3. The van der Waals surface area contributed by atoms with Gasteiger partial charge in [-0.2, -0.15) is 0 Å². The molecule has 1 saturated heterocycles. The van der Waals surface area contributed by atoms with Crippen LogP contribution in [0.3, 0.4) is 0 Å². The van der Waals surface area contributed by atoms with Crippen molar-refractivity contribution < 1.29 is 14.3 Å². The van der Waals surface area contributed by atoms with Crippen molar-refractivity contribution in [3.8, 4) is 0 Å². The summed E-state index contributed by atoms with van der Waals surface area (Å²) in [5, 5.41) is 10.9. The molecule has 2 aromatic rings. The number of nitrogens with one attached hydrogen (secondary N) is 1. The van der Waals surface area contributed by atoms with Crippen LogP contribution >= 0.6 is 0 Å². The van der Waals surface area contributed by atoms with Crippen LogP contribution in [0.2, 0.25) is 0 Å². The van der Waals surface area contributed by atoms with E-state index in [0.717, 1.165) is 32.0 Å². The molecule has 0 bridgehead atoms. The van der Waals surface area contributed by atoms with Gasteiger partial charge in [0.2, 0.25) is 0 Å². The van der Waals surface area contributed by atoms with Crippen LogP contribution in [0.15, 0.2) is 36.4 Å². The van der Waals surface area contributed by atoms with E-state index >= 15 is 0 Å². The maximum absolute atomic E-state index is 11.3. The summed E-state index contributed by atoms with van der Waals surface area (Å²) in [4.78, 5) is 13.6. The number of methoxy groups -OCH3 is 1. The van der Waals surface area contributed by atoms with Crippen molar-refractivity contribution >= 4 is 23.2 Å². The highest BCUT2D eigenvalue weighted by molar-refractivity contribution is 5.87. The van der Waals surface area contributed by atoms with E-state index in [1.165, 1.54) is 12.8 Å². The standard InChI is InChI=1S/C16H18N4O3/c1-22-16(21)14-6-7-15(19-18-14)17-12-2-4-13(5-3-12)20-8-10-23-11-9-20/h2-7H,8-11H2,1H3,(H,17,19). The predicted molar refractivity (Wildman–Crippen MR) is 86.1 cm³/mol. The summed E-state index contributed by atoms with van der Waals surface area (Å²) in [5.41, 5.74) is 2.26. The average Bonchev–Trinajstić information content (AvgIpc) is 2.63. The van der Waals surface area contributed by atoms with E-state index in [-0.39, 0.29) is 5.69 Å². The quantitative estimate of drug-likeness (QED) is 0.863. The van der Waals surface area contributed by atoms with Crippen LogP contribution in [0.5, 0.6) is 0 Å². The van der Waals surface area contributed by atoms with Gasteiger partial charge in [0, 0.05) is 24.5 Å². The van der Waals surface area contributed by atoms with E-state index in [4.69, 9.17) is 4.74 Å². The predicted octanol–water partition coefficient (Wildman–Crippen LogP) is 1.84. The van der Waals surface area contributed by atoms with Crippen LogP contribution in [-0.4, -0.2) is 49.6 Å². The highest BCUT2D eigenvalue weighted by Gasteiger charge is 2.11. The van der Waals surface area contributed by atoms with Crippen LogP contribution in [0.4, 0.5) is 17.2 Å². The molecule has 0 aliphatic carbocycles. The molecular weight excluding hydrogens is 296 g/mol. The Bertz CT molecular complexity index is 652. The van der Waals surface area contributed by atoms with Gasteiger partial charge in [0.15, 0.2) is 11.5 Å². The molecule has 1 aromatic heterocycles. The number of nitrogens with zero attached hydrogens (tertiary/aromatic N) is 3. The first-order chi connectivity index (χ1) is 11.3. The first-order valence-corrected chi connectivity index (χ1v) is 7.38. The van der Waals surface area contributed by atoms with Gasteiger partial charge in [-0.05, 0) is 36.4 Å². The van der Waals surface area contributed by atoms with Crippen LogP contribution < -0.4 is 10.2 Å². The molecule has 23 heavy (non-hydrogen) atoms. The molecule has 0 atom stereocenters. The molecule has 120 valence electrons. The third kappa shape index (κ3) is 3.75. The van der Waals surface area contributed by atoms with Gasteiger partial charge in [-0.15, -0.1) is 10.2 Å². The fourth-order valence-electron chi connectivity index (χ4n) is 2.34. The maximum Gasteiger partial charge on any atom is 0.358 e. The lowest BCUT2D eigenvalue weighted by atomic mass is 10.2. The van der Waals surface area contributed by atoms with E-state index < -0.39 is 5.97 Å². The van der Waals surface area contributed by atoms with Crippen LogP contribution in [-0.2, 0) is 9.47 Å². The first-order valence-electron chi connectivity index (χ1n) is 7.38. The third-order valence-corrected chi connectivity index (χ3v) is 3.58. The van der Waals surface area contributed by atoms with Crippen molar-refractivity contribution in [3.05, 3.63) is 42.1 Å². The number of morpholine rings is 1. The lowest BCUT2D eigenvalue weighted by Gasteiger charge is -2.28. The van der Waals surface area contributed by atoms with Gasteiger partial charge >= 0.3 is 5.97 Å². The topological polar surface area (TPSA) is 76.6 Å². The average molecular weight is 314 g/mol. The fraction of sp³-hybridized carbons (Fsp3) is 0.312. The molecule has 1 fully saturated rings. The van der Waals surface area contributed by atoms with Crippen LogP contribution in [0.25, 0.3) is 0 Å². The Morgan fingerprint density at radius 2 is 1.87 bits per heavy atom. The zero-order valence-corrected chi connectivity index (χ0v) is 12.9. The van der Waals surface area contributed by atoms with E-state index in [1.807, 2.05) is 12.1 Å². The number of ether oxygens (including phenoxy) is 2. The lowest BCUT2D eigenvalue weighted by Crippen LogP contribution is -2.36. The van der Waals surface area contributed by atoms with Crippen molar-refractivity contribution in [2.45, 2.75) is 0 Å². The molecule has 1 aliphatic heterocycles. The van der Waals surface area contributed by atoms with Crippen molar-refractivity contribution in [3.63, 3.8) is 0 Å². The molecule has 0 radical (unpaired) electrons. The second-order valence-corrected chi connectivity index (χ2v) is 5.07. The van der Waals surface area contributed by atoms with Gasteiger partial charge in [-0.25, -0.2) is 4.79 Å². The second kappa shape index (κ2) is 7.06. The SMILES string of the molecule is COC(=O)c1ccc(Nc2ccc(N3CCOCC3)cc2)nn1. The number of hydrogen-bond donors (Lipinski definition) is 1. The molecule has 2 heterocycles. The normalized spacial score (nSPS) is 14.4. The monoisotopic (exact) mass is 314 g/mol. The van der Waals surface area contributed by atoms with Crippen LogP contribution in [0, 0.1) is 0 Å². The fourth-order valence-corrected chi connectivity index (χ4v) is 2.34. The lowest BCUT2D eigenvalue weighted by molar-refractivity contribution is 0.0593. The Labute approximate surface area is 134 Å². The number of rotatable bonds is 4. The second-order valence-electron chi connectivity index (χ2n) is 5.07. The minimum absolute atomic E-state index is 0.181. The molecule has 7 nitrogen and oxygen atoms in total. The largest absolute Gasteiger partial charge is 0.464 e. The smallest absolute Gasteiger partial charge is 0.358 e. The molecule has 0 saturated carbocycles. The Balaban J connectivity index is 1.64. The minimum Gasteiger partial charge on any atom is -0.464 e. The van der Waals surface area contributed by atoms with E-state index in [2.05, 4.69) is 37.3 Å². The molecule has 7 heteroatoms. The summed E-state index contributed by atoms with van der Waals surface area (Å²) in [6.07, 6.45) is 0. The number of aromatic nitrogens is 2. The van der Waals surface area contributed by atoms with Crippen molar-refractivity contribution in [2.75, 3.05) is 43.6 Å². The minimum atomic E-state index is -0.501. The van der Waals surface area contributed by atoms with Gasteiger partial charge in [-0.1, -0.05) is 0 Å². The van der Waals surface area contributed by atoms with Gasteiger partial charge in [0.05, 0.1) is 20.3 Å². The zero-order chi connectivity index (χ0) is 16.1. The highest BCUT2D eigenvalue weighted by atomic mass is 16.5. The Morgan fingerprint density at radius 3 is 2.48 bits per heavy atom. The summed E-state index contributed by atoms with van der Waals surface area (Å²) in [5.74, 6) is 0.0655. The van der Waals surface area contributed by atoms with Crippen LogP contribution in [0.1, 0.15) is 10.5 Å². The summed E-state index contributed by atoms with van der Waals surface area (Å²) in [7, 11) is 1.31. The Kier molecular flexibility index (Phi) is 4.68. The summed E-state index contributed by atoms with van der Waals surface area (Å²) < 4.78 is 9.95. The van der Waals surface area contributed by atoms with E-state index in [9.17, 15) is 4.79 Å². The van der Waals surface area contributed by atoms with Crippen molar-refractivity contribution in [2.24, 2.45) is 0 Å². The summed E-state index contributed by atoms with van der Waals surface area (Å²) in [6, 6.07) is 11.4. The van der Waals surface area contributed by atoms with Gasteiger partial charge in [0.1, 0.15) is 0 Å².